The van der Waals surface area contributed by atoms with E-state index >= 15 is 0 Å². The summed E-state index contributed by atoms with van der Waals surface area (Å²) in [5, 5.41) is 0. The van der Waals surface area contributed by atoms with E-state index in [1.807, 2.05) is 0 Å². The smallest absolute Gasteiger partial charge is 0.0877 e. The van der Waals surface area contributed by atoms with Crippen LogP contribution in [0.1, 0.15) is 58.3 Å². The predicted molar refractivity (Wildman–Crippen MR) is 64.8 cm³/mol. The molecule has 0 aromatic heterocycles. The lowest BCUT2D eigenvalue weighted by molar-refractivity contribution is 0.571. The van der Waals surface area contributed by atoms with Crippen molar-refractivity contribution < 1.29 is 4.57 Å². The molecule has 0 aromatic rings. The van der Waals surface area contributed by atoms with Gasteiger partial charge in [0.1, 0.15) is 0 Å². The van der Waals surface area contributed by atoms with Crippen LogP contribution in [0, 0.1) is 0 Å². The first-order chi connectivity index (χ1) is 6.77. The van der Waals surface area contributed by atoms with Crippen LogP contribution in [0.4, 0.5) is 0 Å². The molecule has 0 aromatic carbocycles. The van der Waals surface area contributed by atoms with Crippen molar-refractivity contribution in [2.24, 2.45) is 0 Å². The Hall–Kier alpha value is 0.230. The maximum Gasteiger partial charge on any atom is 0.0877 e. The Morgan fingerprint density at radius 3 is 2.14 bits per heavy atom. The van der Waals surface area contributed by atoms with E-state index in [0.29, 0.717) is 0 Å². The van der Waals surface area contributed by atoms with E-state index in [4.69, 9.17) is 0 Å². The monoisotopic (exact) mass is 216 g/mol. The van der Waals surface area contributed by atoms with Crippen LogP contribution in [-0.2, 0) is 4.57 Å². The lowest BCUT2D eigenvalue weighted by Gasteiger charge is -2.09. The van der Waals surface area contributed by atoms with Gasteiger partial charge in [-0.3, -0.25) is 0 Å². The molecule has 0 aliphatic carbocycles. The van der Waals surface area contributed by atoms with Gasteiger partial charge in [0.2, 0.25) is 0 Å². The van der Waals surface area contributed by atoms with Crippen molar-refractivity contribution >= 4 is 7.14 Å². The van der Waals surface area contributed by atoms with Crippen LogP contribution < -0.4 is 0 Å². The molecule has 14 heavy (non-hydrogen) atoms. The maximum atomic E-state index is 12.1. The molecule has 0 bridgehead atoms. The second-order valence-corrected chi connectivity index (χ2v) is 8.16. The van der Waals surface area contributed by atoms with Crippen molar-refractivity contribution in [1.82, 2.24) is 0 Å². The Balaban J connectivity index is 1.95. The van der Waals surface area contributed by atoms with E-state index in [1.54, 1.807) is 0 Å². The van der Waals surface area contributed by atoms with E-state index in [9.17, 15) is 4.57 Å². The summed E-state index contributed by atoms with van der Waals surface area (Å²) in [5.41, 5.74) is 0. The fraction of sp³-hybridized carbons (Fsp3) is 1.00. The van der Waals surface area contributed by atoms with Crippen molar-refractivity contribution in [1.29, 1.82) is 0 Å². The average molecular weight is 216 g/mol. The van der Waals surface area contributed by atoms with Crippen molar-refractivity contribution in [3.8, 4) is 0 Å². The third-order valence-corrected chi connectivity index (χ3v) is 6.69. The van der Waals surface area contributed by atoms with Gasteiger partial charge in [0.25, 0.3) is 0 Å². The molecule has 1 rings (SSSR count). The molecule has 2 heteroatoms. The summed E-state index contributed by atoms with van der Waals surface area (Å²) in [6, 6.07) is 0. The van der Waals surface area contributed by atoms with Gasteiger partial charge in [-0.05, 0) is 19.3 Å². The van der Waals surface area contributed by atoms with Crippen LogP contribution in [0.25, 0.3) is 0 Å². The molecular weight excluding hydrogens is 191 g/mol. The standard InChI is InChI=1S/C12H25OP/c1-2-3-4-5-6-7-10-14(13)11-8-9-12-14/h2-12H2,1H3. The molecule has 84 valence electrons. The minimum atomic E-state index is -1.63. The molecule has 0 radical (unpaired) electrons. The Morgan fingerprint density at radius 2 is 1.50 bits per heavy atom. The molecule has 1 aliphatic rings. The summed E-state index contributed by atoms with van der Waals surface area (Å²) in [6.07, 6.45) is 13.6. The average Bonchev–Trinajstić information content (AvgIpc) is 2.59. The molecule has 1 aliphatic heterocycles. The zero-order chi connectivity index (χ0) is 10.3. The molecule has 1 fully saturated rings. The van der Waals surface area contributed by atoms with E-state index in [-0.39, 0.29) is 0 Å². The number of hydrogen-bond acceptors (Lipinski definition) is 1. The lowest BCUT2D eigenvalue weighted by atomic mass is 10.1. The predicted octanol–water partition coefficient (Wildman–Crippen LogP) is 4.50. The number of hydrogen-bond donors (Lipinski definition) is 0. The minimum absolute atomic E-state index is 1.05. The fourth-order valence-corrected chi connectivity index (χ4v) is 5.39. The second kappa shape index (κ2) is 6.67. The van der Waals surface area contributed by atoms with Crippen LogP contribution in [0.2, 0.25) is 0 Å². The van der Waals surface area contributed by atoms with Gasteiger partial charge in [0.15, 0.2) is 0 Å². The highest BCUT2D eigenvalue weighted by molar-refractivity contribution is 7.64. The minimum Gasteiger partial charge on any atom is -0.324 e. The topological polar surface area (TPSA) is 17.1 Å². The third kappa shape index (κ3) is 4.64. The van der Waals surface area contributed by atoms with Crippen LogP contribution in [0.15, 0.2) is 0 Å². The molecule has 0 unspecified atom stereocenters. The summed E-state index contributed by atoms with van der Waals surface area (Å²) < 4.78 is 12.1. The lowest BCUT2D eigenvalue weighted by Crippen LogP contribution is -1.92. The Kier molecular flexibility index (Phi) is 5.86. The number of rotatable bonds is 7. The van der Waals surface area contributed by atoms with Crippen molar-refractivity contribution in [2.45, 2.75) is 58.3 Å². The Labute approximate surface area is 89.0 Å². The Morgan fingerprint density at radius 1 is 0.929 bits per heavy atom. The highest BCUT2D eigenvalue weighted by Crippen LogP contribution is 2.52. The van der Waals surface area contributed by atoms with Crippen LogP contribution in [-0.4, -0.2) is 18.5 Å². The summed E-state index contributed by atoms with van der Waals surface area (Å²) in [5.74, 6) is 0. The molecule has 1 heterocycles. The van der Waals surface area contributed by atoms with Crippen molar-refractivity contribution in [3.05, 3.63) is 0 Å². The third-order valence-electron chi connectivity index (χ3n) is 3.30. The van der Waals surface area contributed by atoms with E-state index in [1.165, 1.54) is 51.4 Å². The second-order valence-electron chi connectivity index (χ2n) is 4.70. The van der Waals surface area contributed by atoms with Gasteiger partial charge in [-0.15, -0.1) is 0 Å². The first kappa shape index (κ1) is 12.3. The molecule has 0 spiro atoms. The van der Waals surface area contributed by atoms with E-state index in [0.717, 1.165) is 18.5 Å². The molecule has 1 saturated heterocycles. The molecule has 0 atom stereocenters. The first-order valence-corrected chi connectivity index (χ1v) is 8.60. The van der Waals surface area contributed by atoms with Crippen molar-refractivity contribution in [3.63, 3.8) is 0 Å². The summed E-state index contributed by atoms with van der Waals surface area (Å²) in [4.78, 5) is 0. The van der Waals surface area contributed by atoms with Gasteiger partial charge in [-0.2, -0.15) is 0 Å². The quantitative estimate of drug-likeness (QED) is 0.452. The summed E-state index contributed by atoms with van der Waals surface area (Å²) >= 11 is 0. The fourth-order valence-electron chi connectivity index (χ4n) is 2.32. The zero-order valence-electron chi connectivity index (χ0n) is 9.63. The largest absolute Gasteiger partial charge is 0.324 e. The molecule has 0 amide bonds. The van der Waals surface area contributed by atoms with Gasteiger partial charge >= 0.3 is 0 Å². The summed E-state index contributed by atoms with van der Waals surface area (Å²) in [7, 11) is -1.63. The summed E-state index contributed by atoms with van der Waals surface area (Å²) in [6.45, 7) is 2.25. The molecule has 0 N–H and O–H groups in total. The van der Waals surface area contributed by atoms with Gasteiger partial charge in [0, 0.05) is 18.5 Å². The van der Waals surface area contributed by atoms with Gasteiger partial charge in [-0.1, -0.05) is 39.0 Å². The normalized spacial score (nSPS) is 20.1. The SMILES string of the molecule is CCCCCCCCP1(=O)CCCC1. The van der Waals surface area contributed by atoms with E-state index in [2.05, 4.69) is 6.92 Å². The van der Waals surface area contributed by atoms with Gasteiger partial charge in [0.05, 0.1) is 7.14 Å². The van der Waals surface area contributed by atoms with Gasteiger partial charge < -0.3 is 4.57 Å². The van der Waals surface area contributed by atoms with Crippen molar-refractivity contribution in [2.75, 3.05) is 18.5 Å². The van der Waals surface area contributed by atoms with E-state index < -0.39 is 7.14 Å². The van der Waals surface area contributed by atoms with Crippen LogP contribution >= 0.6 is 7.14 Å². The Bertz CT molecular complexity index is 179. The highest BCUT2D eigenvalue weighted by Gasteiger charge is 2.25. The van der Waals surface area contributed by atoms with Crippen LogP contribution in [0.3, 0.4) is 0 Å². The first-order valence-electron chi connectivity index (χ1n) is 6.34. The molecular formula is C12H25OP. The molecule has 0 saturated carbocycles. The van der Waals surface area contributed by atoms with Gasteiger partial charge in [-0.25, -0.2) is 0 Å². The maximum absolute atomic E-state index is 12.1. The zero-order valence-corrected chi connectivity index (χ0v) is 10.5. The number of unbranched alkanes of at least 4 members (excludes halogenated alkanes) is 5. The molecule has 1 nitrogen and oxygen atoms in total. The highest BCUT2D eigenvalue weighted by atomic mass is 31.2. The van der Waals surface area contributed by atoms with Crippen LogP contribution in [0.5, 0.6) is 0 Å².